The number of hydrogen-bond acceptors (Lipinski definition) is 6. The molecule has 0 aliphatic rings. The zero-order valence-corrected chi connectivity index (χ0v) is 19.7. The minimum atomic E-state index is -0.220. The summed E-state index contributed by atoms with van der Waals surface area (Å²) in [4.78, 5) is 33.5. The smallest absolute Gasteiger partial charge is 0.261 e. The molecule has 5 rings (SSSR count). The maximum absolute atomic E-state index is 12.4. The Morgan fingerprint density at radius 2 is 1.97 bits per heavy atom. The highest BCUT2D eigenvalue weighted by Crippen LogP contribution is 2.30. The van der Waals surface area contributed by atoms with Crippen molar-refractivity contribution in [2.24, 2.45) is 0 Å². The number of halogens is 1. The van der Waals surface area contributed by atoms with E-state index in [-0.39, 0.29) is 23.9 Å². The van der Waals surface area contributed by atoms with Crippen LogP contribution < -0.4 is 10.9 Å². The molecular weight excluding hydrogens is 486 g/mol. The van der Waals surface area contributed by atoms with Crippen molar-refractivity contribution in [2.75, 3.05) is 0 Å². The fraction of sp³-hybridized carbons (Fsp3) is 0.0400. The monoisotopic (exact) mass is 503 g/mol. The third-order valence-electron chi connectivity index (χ3n) is 5.28. The van der Waals surface area contributed by atoms with Gasteiger partial charge in [0.05, 0.1) is 33.5 Å². The number of carbonyl (C=O) groups excluding carboxylic acids is 1. The first-order valence-corrected chi connectivity index (χ1v) is 11.7. The molecule has 0 saturated carbocycles. The van der Waals surface area contributed by atoms with E-state index < -0.39 is 0 Å². The molecule has 0 unspecified atom stereocenters. The molecule has 0 bridgehead atoms. The van der Waals surface area contributed by atoms with Crippen molar-refractivity contribution in [3.05, 3.63) is 111 Å². The summed E-state index contributed by atoms with van der Waals surface area (Å²) in [6, 6.07) is 17.2. The van der Waals surface area contributed by atoms with Gasteiger partial charge in [0.2, 0.25) is 5.88 Å². The van der Waals surface area contributed by atoms with Crippen molar-refractivity contribution in [1.82, 2.24) is 24.4 Å². The molecule has 1 aromatic carbocycles. The van der Waals surface area contributed by atoms with Crippen LogP contribution in [0.3, 0.4) is 0 Å². The molecule has 5 aromatic rings. The van der Waals surface area contributed by atoms with Crippen molar-refractivity contribution < 1.29 is 9.90 Å². The Labute approximate surface area is 208 Å². The van der Waals surface area contributed by atoms with E-state index in [1.54, 1.807) is 53.5 Å². The Hall–Kier alpha value is -4.21. The number of thiophene rings is 1. The number of pyridine rings is 2. The van der Waals surface area contributed by atoms with Crippen LogP contribution in [0.15, 0.2) is 90.4 Å². The lowest BCUT2D eigenvalue weighted by Crippen LogP contribution is -2.21. The van der Waals surface area contributed by atoms with Gasteiger partial charge < -0.3 is 15.0 Å². The number of amides is 1. The van der Waals surface area contributed by atoms with E-state index in [0.717, 1.165) is 16.8 Å². The van der Waals surface area contributed by atoms with Gasteiger partial charge >= 0.3 is 0 Å². The average Bonchev–Trinajstić information content (AvgIpc) is 3.52. The maximum atomic E-state index is 12.4. The van der Waals surface area contributed by atoms with Crippen molar-refractivity contribution >= 4 is 28.8 Å². The molecule has 4 heterocycles. The normalized spacial score (nSPS) is 10.9. The Bertz CT molecular complexity index is 1590. The van der Waals surface area contributed by atoms with E-state index in [2.05, 4.69) is 15.3 Å². The second kappa shape index (κ2) is 9.57. The first-order chi connectivity index (χ1) is 17.0. The molecule has 0 aliphatic heterocycles. The minimum Gasteiger partial charge on any atom is -0.493 e. The summed E-state index contributed by atoms with van der Waals surface area (Å²) in [7, 11) is 0. The Balaban J connectivity index is 1.48. The highest BCUT2D eigenvalue weighted by atomic mass is 35.5. The number of hydrogen-bond donors (Lipinski definition) is 2. The summed E-state index contributed by atoms with van der Waals surface area (Å²) >= 11 is 7.12. The fourth-order valence-corrected chi connectivity index (χ4v) is 4.60. The molecule has 0 aliphatic carbocycles. The van der Waals surface area contributed by atoms with Crippen LogP contribution in [0.2, 0.25) is 4.34 Å². The van der Waals surface area contributed by atoms with Gasteiger partial charge in [0.1, 0.15) is 0 Å². The lowest BCUT2D eigenvalue weighted by molar-refractivity contribution is 0.0954. The van der Waals surface area contributed by atoms with Gasteiger partial charge in [0.15, 0.2) is 0 Å². The largest absolute Gasteiger partial charge is 0.493 e. The Morgan fingerprint density at radius 1 is 1.09 bits per heavy atom. The van der Waals surface area contributed by atoms with E-state index in [1.807, 2.05) is 29.0 Å². The third kappa shape index (κ3) is 4.86. The molecule has 0 saturated heterocycles. The number of aromatic hydroxyl groups is 1. The predicted molar refractivity (Wildman–Crippen MR) is 135 cm³/mol. The van der Waals surface area contributed by atoms with Crippen molar-refractivity contribution in [3.8, 4) is 28.4 Å². The molecule has 35 heavy (non-hydrogen) atoms. The van der Waals surface area contributed by atoms with E-state index in [9.17, 15) is 14.7 Å². The van der Waals surface area contributed by atoms with Crippen LogP contribution in [0.5, 0.6) is 5.88 Å². The highest BCUT2D eigenvalue weighted by molar-refractivity contribution is 7.17. The van der Waals surface area contributed by atoms with E-state index in [1.165, 1.54) is 23.6 Å². The Kier molecular flexibility index (Phi) is 6.17. The lowest BCUT2D eigenvalue weighted by Gasteiger charge is -2.14. The third-order valence-corrected chi connectivity index (χ3v) is 6.51. The second-order valence-electron chi connectivity index (χ2n) is 7.57. The number of imidazole rings is 1. The van der Waals surface area contributed by atoms with Crippen molar-refractivity contribution in [1.29, 1.82) is 0 Å². The number of nitrogens with zero attached hydrogens (tertiary/aromatic N) is 4. The lowest BCUT2D eigenvalue weighted by atomic mass is 10.0. The molecule has 0 atom stereocenters. The zero-order valence-electron chi connectivity index (χ0n) is 18.1. The quantitative estimate of drug-likeness (QED) is 0.357. The summed E-state index contributed by atoms with van der Waals surface area (Å²) in [6.45, 7) is 0.240. The summed E-state index contributed by atoms with van der Waals surface area (Å²) < 4.78 is 3.92. The van der Waals surface area contributed by atoms with Gasteiger partial charge in [0, 0.05) is 42.0 Å². The maximum Gasteiger partial charge on any atom is 0.261 e. The fourth-order valence-electron chi connectivity index (χ4n) is 3.64. The average molecular weight is 504 g/mol. The van der Waals surface area contributed by atoms with Crippen LogP contribution in [-0.2, 0) is 6.54 Å². The molecule has 4 aromatic heterocycles. The predicted octanol–water partition coefficient (Wildman–Crippen LogP) is 4.44. The van der Waals surface area contributed by atoms with Crippen LogP contribution in [0.4, 0.5) is 0 Å². The summed E-state index contributed by atoms with van der Waals surface area (Å²) in [5.41, 5.74) is 3.43. The number of carbonyl (C=O) groups is 1. The zero-order chi connectivity index (χ0) is 24.4. The van der Waals surface area contributed by atoms with E-state index in [4.69, 9.17) is 11.6 Å². The van der Waals surface area contributed by atoms with Crippen molar-refractivity contribution in [3.63, 3.8) is 0 Å². The number of aromatic nitrogens is 4. The second-order valence-corrected chi connectivity index (χ2v) is 9.29. The van der Waals surface area contributed by atoms with Crippen molar-refractivity contribution in [2.45, 2.75) is 6.54 Å². The molecule has 174 valence electrons. The number of rotatable bonds is 6. The molecular formula is C25H18ClN5O3S. The van der Waals surface area contributed by atoms with Crippen LogP contribution in [0, 0.1) is 0 Å². The Morgan fingerprint density at radius 3 is 2.74 bits per heavy atom. The molecule has 0 radical (unpaired) electrons. The minimum absolute atomic E-state index is 0.113. The van der Waals surface area contributed by atoms with Gasteiger partial charge in [-0.15, -0.1) is 11.3 Å². The summed E-state index contributed by atoms with van der Waals surface area (Å²) in [5.74, 6) is -0.333. The van der Waals surface area contributed by atoms with Gasteiger partial charge in [-0.3, -0.25) is 14.2 Å². The summed E-state index contributed by atoms with van der Waals surface area (Å²) in [5, 5.41) is 12.8. The molecule has 10 heteroatoms. The van der Waals surface area contributed by atoms with Gasteiger partial charge in [-0.2, -0.15) is 0 Å². The van der Waals surface area contributed by atoms with Crippen LogP contribution in [0.25, 0.3) is 22.5 Å². The molecule has 0 fully saturated rings. The molecule has 0 spiro atoms. The topological polar surface area (TPSA) is 102 Å². The van der Waals surface area contributed by atoms with E-state index in [0.29, 0.717) is 20.6 Å². The molecule has 2 N–H and O–H groups in total. The standard InChI is InChI=1S/C25H18ClN5O3S/c26-22-7-6-21(35-22)25(34)28-13-17-14-30(15-29-17)20-5-4-18(31-10-2-1-3-24(31)33)12-19(20)16-8-9-27-23(32)11-16/h1-12,14-15H,13H2,(H,27,32)(H,28,34). The van der Waals surface area contributed by atoms with Gasteiger partial charge in [-0.05, 0) is 48.0 Å². The summed E-state index contributed by atoms with van der Waals surface area (Å²) in [6.07, 6.45) is 6.68. The highest BCUT2D eigenvalue weighted by Gasteiger charge is 2.13. The van der Waals surface area contributed by atoms with Gasteiger partial charge in [-0.25, -0.2) is 9.97 Å². The molecule has 1 amide bonds. The SMILES string of the molecule is O=C(NCc1cn(-c2ccc(-n3ccccc3=O)cc2-c2ccnc(O)c2)cn1)c1ccc(Cl)s1. The van der Waals surface area contributed by atoms with E-state index >= 15 is 0 Å². The number of nitrogens with one attached hydrogen (secondary N) is 1. The first kappa shape index (κ1) is 22.6. The van der Waals surface area contributed by atoms with Gasteiger partial charge in [0.25, 0.3) is 11.5 Å². The van der Waals surface area contributed by atoms with Crippen LogP contribution in [-0.4, -0.2) is 30.1 Å². The van der Waals surface area contributed by atoms with Gasteiger partial charge in [-0.1, -0.05) is 17.7 Å². The number of benzene rings is 1. The van der Waals surface area contributed by atoms with Crippen LogP contribution >= 0.6 is 22.9 Å². The van der Waals surface area contributed by atoms with Crippen LogP contribution in [0.1, 0.15) is 15.4 Å². The first-order valence-electron chi connectivity index (χ1n) is 10.5. The molecule has 8 nitrogen and oxygen atoms in total.